The Hall–Kier alpha value is -1.96. The lowest BCUT2D eigenvalue weighted by atomic mass is 10.1. The van der Waals surface area contributed by atoms with E-state index in [0.717, 1.165) is 24.2 Å². The molecule has 4 heteroatoms. The summed E-state index contributed by atoms with van der Waals surface area (Å²) in [5, 5.41) is 0. The van der Waals surface area contributed by atoms with Gasteiger partial charge in [-0.2, -0.15) is 0 Å². The van der Waals surface area contributed by atoms with Gasteiger partial charge in [-0.3, -0.25) is 0 Å². The summed E-state index contributed by atoms with van der Waals surface area (Å²) in [4.78, 5) is 0. The fourth-order valence-corrected chi connectivity index (χ4v) is 2.29. The molecule has 22 heavy (non-hydrogen) atoms. The summed E-state index contributed by atoms with van der Waals surface area (Å²) in [5.41, 5.74) is 0.962. The van der Waals surface area contributed by atoms with E-state index in [4.69, 9.17) is 18.9 Å². The molecule has 118 valence electrons. The molecule has 1 fully saturated rings. The molecule has 0 aliphatic carbocycles. The summed E-state index contributed by atoms with van der Waals surface area (Å²) < 4.78 is 22.5. The van der Waals surface area contributed by atoms with Gasteiger partial charge in [-0.05, 0) is 25.0 Å². The van der Waals surface area contributed by atoms with Gasteiger partial charge in [0.2, 0.25) is 0 Å². The van der Waals surface area contributed by atoms with Crippen LogP contribution in [0.3, 0.4) is 0 Å². The van der Waals surface area contributed by atoms with Gasteiger partial charge in [0, 0.05) is 12.5 Å². The van der Waals surface area contributed by atoms with E-state index in [1.165, 1.54) is 0 Å². The molecule has 0 radical (unpaired) electrons. The number of ether oxygens (including phenoxy) is 4. The molecule has 1 aromatic rings. The second kappa shape index (κ2) is 8.47. The smallest absolute Gasteiger partial charge is 0.184 e. The van der Waals surface area contributed by atoms with E-state index in [1.807, 2.05) is 30.3 Å². The first-order chi connectivity index (χ1) is 10.8. The summed E-state index contributed by atoms with van der Waals surface area (Å²) in [6.07, 6.45) is 5.57. The quantitative estimate of drug-likeness (QED) is 0.596. The maximum absolute atomic E-state index is 6.05. The van der Waals surface area contributed by atoms with Crippen LogP contribution >= 0.6 is 0 Å². The van der Waals surface area contributed by atoms with Crippen molar-refractivity contribution in [1.82, 2.24) is 0 Å². The van der Waals surface area contributed by atoms with Gasteiger partial charge < -0.3 is 18.9 Å². The standard InChI is InChI=1S/C18H22O4/c1-4-6-7-16-17(20-12-5-2)13-21-18(22-16)14-8-10-15(19-3)11-9-14/h4,8-11,16-18H,1,6-7,13H2,2-3H3/t16-,17+,18+/m0/s1. The molecule has 0 bridgehead atoms. The summed E-state index contributed by atoms with van der Waals surface area (Å²) in [6.45, 7) is 5.95. The average Bonchev–Trinajstić information content (AvgIpc) is 2.58. The first kappa shape index (κ1) is 16.4. The fraction of sp³-hybridized carbons (Fsp3) is 0.444. The molecule has 0 N–H and O–H groups in total. The van der Waals surface area contributed by atoms with Crippen LogP contribution in [0.4, 0.5) is 0 Å². The molecule has 0 saturated carbocycles. The lowest BCUT2D eigenvalue weighted by molar-refractivity contribution is -0.256. The molecule has 0 unspecified atom stereocenters. The maximum atomic E-state index is 6.05. The van der Waals surface area contributed by atoms with E-state index in [1.54, 1.807) is 14.0 Å². The number of methoxy groups -OCH3 is 1. The SMILES string of the molecule is C=CCC[C@@H]1O[C@H](c2ccc(OC)cc2)OC[C@H]1OC#CC. The fourth-order valence-electron chi connectivity index (χ4n) is 2.29. The van der Waals surface area contributed by atoms with Crippen molar-refractivity contribution in [2.75, 3.05) is 13.7 Å². The lowest BCUT2D eigenvalue weighted by Gasteiger charge is -2.35. The van der Waals surface area contributed by atoms with Crippen LogP contribution in [-0.2, 0) is 14.2 Å². The number of benzene rings is 1. The maximum Gasteiger partial charge on any atom is 0.184 e. The highest BCUT2D eigenvalue weighted by molar-refractivity contribution is 5.28. The van der Waals surface area contributed by atoms with Crippen molar-refractivity contribution in [3.8, 4) is 17.8 Å². The summed E-state index contributed by atoms with van der Waals surface area (Å²) >= 11 is 0. The van der Waals surface area contributed by atoms with Crippen LogP contribution in [0.5, 0.6) is 5.75 Å². The van der Waals surface area contributed by atoms with Crippen molar-refractivity contribution in [3.63, 3.8) is 0 Å². The van der Waals surface area contributed by atoms with E-state index in [9.17, 15) is 0 Å². The van der Waals surface area contributed by atoms with Crippen LogP contribution in [0.2, 0.25) is 0 Å². The number of rotatable bonds is 6. The topological polar surface area (TPSA) is 36.9 Å². The van der Waals surface area contributed by atoms with E-state index in [2.05, 4.69) is 18.6 Å². The van der Waals surface area contributed by atoms with Gasteiger partial charge in [-0.25, -0.2) is 0 Å². The Kier molecular flexibility index (Phi) is 6.32. The van der Waals surface area contributed by atoms with Crippen molar-refractivity contribution < 1.29 is 18.9 Å². The van der Waals surface area contributed by atoms with Crippen molar-refractivity contribution in [1.29, 1.82) is 0 Å². The zero-order valence-electron chi connectivity index (χ0n) is 13.1. The molecule has 4 nitrogen and oxygen atoms in total. The second-order valence-corrected chi connectivity index (χ2v) is 4.99. The Bertz CT molecular complexity index is 526. The van der Waals surface area contributed by atoms with Crippen LogP contribution in [0.15, 0.2) is 36.9 Å². The summed E-state index contributed by atoms with van der Waals surface area (Å²) in [6, 6.07) is 7.68. The highest BCUT2D eigenvalue weighted by Crippen LogP contribution is 2.30. The van der Waals surface area contributed by atoms with Gasteiger partial charge in [0.15, 0.2) is 12.4 Å². The lowest BCUT2D eigenvalue weighted by Crippen LogP contribution is -2.41. The third-order valence-corrected chi connectivity index (χ3v) is 3.48. The molecule has 0 spiro atoms. The molecular formula is C18H22O4. The zero-order chi connectivity index (χ0) is 15.8. The van der Waals surface area contributed by atoms with Gasteiger partial charge in [0.05, 0.1) is 13.7 Å². The molecule has 1 aromatic carbocycles. The Labute approximate surface area is 132 Å². The minimum Gasteiger partial charge on any atom is -0.497 e. The molecule has 1 aliphatic rings. The zero-order valence-corrected chi connectivity index (χ0v) is 13.1. The van der Waals surface area contributed by atoms with Crippen LogP contribution < -0.4 is 4.74 Å². The Balaban J connectivity index is 2.04. The third kappa shape index (κ3) is 4.27. The predicted molar refractivity (Wildman–Crippen MR) is 84.3 cm³/mol. The van der Waals surface area contributed by atoms with Crippen LogP contribution in [-0.4, -0.2) is 25.9 Å². The molecule has 1 aliphatic heterocycles. The van der Waals surface area contributed by atoms with E-state index in [-0.39, 0.29) is 12.2 Å². The van der Waals surface area contributed by atoms with Crippen molar-refractivity contribution in [2.45, 2.75) is 38.3 Å². The van der Waals surface area contributed by atoms with Gasteiger partial charge >= 0.3 is 0 Å². The number of hydrogen-bond donors (Lipinski definition) is 0. The molecule has 0 aromatic heterocycles. The largest absolute Gasteiger partial charge is 0.497 e. The molecule has 2 rings (SSSR count). The third-order valence-electron chi connectivity index (χ3n) is 3.48. The summed E-state index contributed by atoms with van der Waals surface area (Å²) in [7, 11) is 1.64. The van der Waals surface area contributed by atoms with Crippen LogP contribution in [0.1, 0.15) is 31.6 Å². The first-order valence-electron chi connectivity index (χ1n) is 7.37. The molecule has 1 saturated heterocycles. The average molecular weight is 302 g/mol. The molecule has 0 amide bonds. The second-order valence-electron chi connectivity index (χ2n) is 4.99. The van der Waals surface area contributed by atoms with E-state index in [0.29, 0.717) is 6.61 Å². The highest BCUT2D eigenvalue weighted by Gasteiger charge is 2.33. The van der Waals surface area contributed by atoms with Gasteiger partial charge in [-0.15, -0.1) is 6.58 Å². The van der Waals surface area contributed by atoms with Crippen molar-refractivity contribution in [2.24, 2.45) is 0 Å². The van der Waals surface area contributed by atoms with Gasteiger partial charge in [-0.1, -0.05) is 24.1 Å². The Morgan fingerprint density at radius 2 is 2.14 bits per heavy atom. The minimum atomic E-state index is -0.393. The molecule has 3 atom stereocenters. The monoisotopic (exact) mass is 302 g/mol. The number of allylic oxidation sites excluding steroid dienone is 1. The summed E-state index contributed by atoms with van der Waals surface area (Å²) in [5.74, 6) is 3.54. The van der Waals surface area contributed by atoms with Crippen molar-refractivity contribution >= 4 is 0 Å². The minimum absolute atomic E-state index is 0.0697. The van der Waals surface area contributed by atoms with Crippen LogP contribution in [0, 0.1) is 12.0 Å². The molecular weight excluding hydrogens is 280 g/mol. The normalized spacial score (nSPS) is 24.0. The highest BCUT2D eigenvalue weighted by atomic mass is 16.7. The molecule has 1 heterocycles. The number of hydrogen-bond acceptors (Lipinski definition) is 4. The Morgan fingerprint density at radius 1 is 1.36 bits per heavy atom. The van der Waals surface area contributed by atoms with E-state index >= 15 is 0 Å². The van der Waals surface area contributed by atoms with E-state index < -0.39 is 6.29 Å². The van der Waals surface area contributed by atoms with Crippen molar-refractivity contribution in [3.05, 3.63) is 42.5 Å². The first-order valence-corrected chi connectivity index (χ1v) is 7.37. The van der Waals surface area contributed by atoms with Gasteiger partial charge in [0.1, 0.15) is 18.0 Å². The predicted octanol–water partition coefficient (Wildman–Crippen LogP) is 3.44. The van der Waals surface area contributed by atoms with Crippen LogP contribution in [0.25, 0.3) is 0 Å². The van der Waals surface area contributed by atoms with Gasteiger partial charge in [0.25, 0.3) is 0 Å². The Morgan fingerprint density at radius 3 is 2.77 bits per heavy atom.